The number of nitrogens with zero attached hydrogens (tertiary/aromatic N) is 2. The molecule has 6 nitrogen and oxygen atoms in total. The summed E-state index contributed by atoms with van der Waals surface area (Å²) in [4.78, 5) is 14.4. The molecule has 148 valence electrons. The van der Waals surface area contributed by atoms with Gasteiger partial charge in [0.25, 0.3) is 0 Å². The lowest BCUT2D eigenvalue weighted by Gasteiger charge is -2.35. The van der Waals surface area contributed by atoms with Gasteiger partial charge in [0, 0.05) is 32.6 Å². The standard InChI is InChI=1S/C20H28N2O4S/c1-14-2-5-18(23)19(10-14)27(25,26)22-8-6-21(7-9-22)20(24)13-17-12-15-3-4-16(17)11-15/h2,5,10,15-17,23H,3-4,6-9,11-13H2,1H3. The Kier molecular flexibility index (Phi) is 4.93. The fourth-order valence-corrected chi connectivity index (χ4v) is 6.71. The quantitative estimate of drug-likeness (QED) is 0.853. The Bertz CT molecular complexity index is 830. The first-order valence-corrected chi connectivity index (χ1v) is 11.4. The molecule has 0 aromatic heterocycles. The molecule has 3 unspecified atom stereocenters. The summed E-state index contributed by atoms with van der Waals surface area (Å²) in [7, 11) is -3.75. The fourth-order valence-electron chi connectivity index (χ4n) is 5.12. The Labute approximate surface area is 161 Å². The van der Waals surface area contributed by atoms with E-state index in [1.54, 1.807) is 13.0 Å². The van der Waals surface area contributed by atoms with Gasteiger partial charge in [-0.05, 0) is 61.6 Å². The van der Waals surface area contributed by atoms with E-state index in [4.69, 9.17) is 0 Å². The maximum atomic E-state index is 12.9. The normalized spacial score (nSPS) is 28.6. The SMILES string of the molecule is Cc1ccc(O)c(S(=O)(=O)N2CCN(C(=O)CC3CC4CCC3C4)CC2)c1. The molecule has 1 amide bonds. The number of fused-ring (bicyclic) bond motifs is 2. The van der Waals surface area contributed by atoms with Crippen molar-refractivity contribution in [2.24, 2.45) is 17.8 Å². The van der Waals surface area contributed by atoms with Gasteiger partial charge in [0.05, 0.1) is 0 Å². The van der Waals surface area contributed by atoms with Crippen molar-refractivity contribution in [1.29, 1.82) is 0 Å². The van der Waals surface area contributed by atoms with E-state index in [-0.39, 0.29) is 29.6 Å². The predicted molar refractivity (Wildman–Crippen MR) is 102 cm³/mol. The first-order chi connectivity index (χ1) is 12.8. The van der Waals surface area contributed by atoms with E-state index < -0.39 is 10.0 Å². The molecule has 3 aliphatic rings. The van der Waals surface area contributed by atoms with Gasteiger partial charge in [-0.2, -0.15) is 4.31 Å². The van der Waals surface area contributed by atoms with Crippen LogP contribution in [-0.4, -0.2) is 54.8 Å². The van der Waals surface area contributed by atoms with Gasteiger partial charge < -0.3 is 10.0 Å². The van der Waals surface area contributed by atoms with Crippen molar-refractivity contribution in [1.82, 2.24) is 9.21 Å². The highest BCUT2D eigenvalue weighted by Crippen LogP contribution is 2.49. The van der Waals surface area contributed by atoms with Crippen molar-refractivity contribution < 1.29 is 18.3 Å². The lowest BCUT2D eigenvalue weighted by atomic mass is 9.86. The second kappa shape index (κ2) is 7.09. The molecule has 7 heteroatoms. The molecule has 1 N–H and O–H groups in total. The first kappa shape index (κ1) is 18.7. The van der Waals surface area contributed by atoms with E-state index in [0.29, 0.717) is 25.4 Å². The maximum Gasteiger partial charge on any atom is 0.246 e. The third-order valence-electron chi connectivity index (χ3n) is 6.65. The number of phenols is 1. The molecule has 3 fully saturated rings. The summed E-state index contributed by atoms with van der Waals surface area (Å²) in [6.07, 6.45) is 5.71. The fraction of sp³-hybridized carbons (Fsp3) is 0.650. The van der Waals surface area contributed by atoms with Gasteiger partial charge in [-0.15, -0.1) is 0 Å². The third kappa shape index (κ3) is 3.59. The Balaban J connectivity index is 1.37. The molecule has 1 aromatic carbocycles. The van der Waals surface area contributed by atoms with Crippen molar-refractivity contribution in [2.45, 2.75) is 43.9 Å². The molecule has 2 aliphatic carbocycles. The largest absolute Gasteiger partial charge is 0.507 e. The topological polar surface area (TPSA) is 77.9 Å². The summed E-state index contributed by atoms with van der Waals surface area (Å²) < 4.78 is 27.1. The Morgan fingerprint density at radius 3 is 2.52 bits per heavy atom. The number of sulfonamides is 1. The maximum absolute atomic E-state index is 12.9. The van der Waals surface area contributed by atoms with Crippen LogP contribution in [0.4, 0.5) is 0 Å². The van der Waals surface area contributed by atoms with E-state index in [1.165, 1.54) is 42.1 Å². The molecule has 1 aliphatic heterocycles. The number of aryl methyl sites for hydroxylation is 1. The highest BCUT2D eigenvalue weighted by Gasteiger charge is 2.41. The first-order valence-electron chi connectivity index (χ1n) is 9.92. The average Bonchev–Trinajstić information content (AvgIpc) is 3.27. The van der Waals surface area contributed by atoms with Crippen LogP contribution in [0.25, 0.3) is 0 Å². The van der Waals surface area contributed by atoms with Crippen molar-refractivity contribution >= 4 is 15.9 Å². The monoisotopic (exact) mass is 392 g/mol. The second-order valence-electron chi connectivity index (χ2n) is 8.40. The summed E-state index contributed by atoms with van der Waals surface area (Å²) in [5.41, 5.74) is 0.783. The van der Waals surface area contributed by atoms with E-state index in [1.807, 2.05) is 4.90 Å². The van der Waals surface area contributed by atoms with Crippen molar-refractivity contribution in [2.75, 3.05) is 26.2 Å². The van der Waals surface area contributed by atoms with Gasteiger partial charge in [-0.3, -0.25) is 4.79 Å². The van der Waals surface area contributed by atoms with Crippen LogP contribution in [0.2, 0.25) is 0 Å². The van der Waals surface area contributed by atoms with Crippen molar-refractivity contribution in [3.8, 4) is 5.75 Å². The van der Waals surface area contributed by atoms with Crippen LogP contribution in [0.1, 0.15) is 37.7 Å². The summed E-state index contributed by atoms with van der Waals surface area (Å²) in [5.74, 6) is 2.03. The van der Waals surface area contributed by atoms with Crippen LogP contribution in [-0.2, 0) is 14.8 Å². The van der Waals surface area contributed by atoms with Crippen LogP contribution in [0.15, 0.2) is 23.1 Å². The molecule has 2 bridgehead atoms. The highest BCUT2D eigenvalue weighted by molar-refractivity contribution is 7.89. The van der Waals surface area contributed by atoms with Gasteiger partial charge in [-0.1, -0.05) is 12.5 Å². The Morgan fingerprint density at radius 1 is 1.15 bits per heavy atom. The minimum atomic E-state index is -3.75. The van der Waals surface area contributed by atoms with E-state index in [9.17, 15) is 18.3 Å². The zero-order valence-corrected chi connectivity index (χ0v) is 16.6. The number of carbonyl (C=O) groups is 1. The molecule has 2 saturated carbocycles. The summed E-state index contributed by atoms with van der Waals surface area (Å²) in [5, 5.41) is 9.98. The number of amides is 1. The Hall–Kier alpha value is -1.60. The number of rotatable bonds is 4. The van der Waals surface area contributed by atoms with Gasteiger partial charge in [-0.25, -0.2) is 8.42 Å². The van der Waals surface area contributed by atoms with Gasteiger partial charge in [0.15, 0.2) is 0 Å². The number of carbonyl (C=O) groups excluding carboxylic acids is 1. The number of phenolic OH excluding ortho intramolecular Hbond substituents is 1. The second-order valence-corrected chi connectivity index (χ2v) is 10.3. The Morgan fingerprint density at radius 2 is 1.89 bits per heavy atom. The van der Waals surface area contributed by atoms with Crippen LogP contribution >= 0.6 is 0 Å². The number of aromatic hydroxyl groups is 1. The average molecular weight is 393 g/mol. The number of benzene rings is 1. The van der Waals surface area contributed by atoms with E-state index >= 15 is 0 Å². The molecule has 27 heavy (non-hydrogen) atoms. The summed E-state index contributed by atoms with van der Waals surface area (Å²) in [6.45, 7) is 3.19. The molecule has 3 atom stereocenters. The van der Waals surface area contributed by atoms with Crippen LogP contribution < -0.4 is 0 Å². The smallest absolute Gasteiger partial charge is 0.246 e. The molecule has 4 rings (SSSR count). The van der Waals surface area contributed by atoms with Crippen LogP contribution in [0, 0.1) is 24.7 Å². The summed E-state index contributed by atoms with van der Waals surface area (Å²) >= 11 is 0. The lowest BCUT2D eigenvalue weighted by molar-refractivity contribution is -0.133. The lowest BCUT2D eigenvalue weighted by Crippen LogP contribution is -2.50. The molecule has 1 aromatic rings. The number of hydrogen-bond donors (Lipinski definition) is 1. The minimum Gasteiger partial charge on any atom is -0.507 e. The van der Waals surface area contributed by atoms with E-state index in [0.717, 1.165) is 17.4 Å². The minimum absolute atomic E-state index is 0.0516. The van der Waals surface area contributed by atoms with E-state index in [2.05, 4.69) is 0 Å². The molecular formula is C20H28N2O4S. The zero-order chi connectivity index (χ0) is 19.2. The van der Waals surface area contributed by atoms with Gasteiger partial charge in [0.1, 0.15) is 10.6 Å². The summed E-state index contributed by atoms with van der Waals surface area (Å²) in [6, 6.07) is 4.59. The molecule has 0 spiro atoms. The van der Waals surface area contributed by atoms with Gasteiger partial charge in [0.2, 0.25) is 15.9 Å². The molecule has 1 saturated heterocycles. The van der Waals surface area contributed by atoms with Crippen LogP contribution in [0.5, 0.6) is 5.75 Å². The zero-order valence-electron chi connectivity index (χ0n) is 15.8. The van der Waals surface area contributed by atoms with Gasteiger partial charge >= 0.3 is 0 Å². The predicted octanol–water partition coefficient (Wildman–Crippen LogP) is 2.36. The third-order valence-corrected chi connectivity index (χ3v) is 8.57. The molecule has 1 heterocycles. The molecule has 0 radical (unpaired) electrons. The van der Waals surface area contributed by atoms with Crippen molar-refractivity contribution in [3.63, 3.8) is 0 Å². The van der Waals surface area contributed by atoms with Crippen LogP contribution in [0.3, 0.4) is 0 Å². The highest BCUT2D eigenvalue weighted by atomic mass is 32.2. The van der Waals surface area contributed by atoms with Crippen molar-refractivity contribution in [3.05, 3.63) is 23.8 Å². The molecular weight excluding hydrogens is 364 g/mol. The number of hydrogen-bond acceptors (Lipinski definition) is 4. The number of piperazine rings is 1.